The van der Waals surface area contributed by atoms with Crippen molar-refractivity contribution in [3.63, 3.8) is 0 Å². The number of hydrogen-bond acceptors (Lipinski definition) is 7. The molecule has 3 aromatic carbocycles. The smallest absolute Gasteiger partial charge is 0.308 e. The highest BCUT2D eigenvalue weighted by atomic mass is 16.5. The van der Waals surface area contributed by atoms with Gasteiger partial charge in [0.2, 0.25) is 5.91 Å². The van der Waals surface area contributed by atoms with Crippen molar-refractivity contribution in [1.82, 2.24) is 20.2 Å². The predicted molar refractivity (Wildman–Crippen MR) is 206 cm³/mol. The summed E-state index contributed by atoms with van der Waals surface area (Å²) in [5, 5.41) is 12.5. The minimum Gasteiger partial charge on any atom is -0.496 e. The Morgan fingerprint density at radius 2 is 1.58 bits per heavy atom. The fourth-order valence-electron chi connectivity index (χ4n) is 6.57. The Hall–Kier alpha value is -5.25. The van der Waals surface area contributed by atoms with Crippen LogP contribution in [-0.2, 0) is 21.4 Å². The highest BCUT2D eigenvalue weighted by molar-refractivity contribution is 5.98. The second kappa shape index (κ2) is 18.0. The van der Waals surface area contributed by atoms with Crippen LogP contribution in [-0.4, -0.2) is 70.6 Å². The largest absolute Gasteiger partial charge is 0.496 e. The molecule has 280 valence electrons. The van der Waals surface area contributed by atoms with Crippen molar-refractivity contribution in [1.29, 1.82) is 0 Å². The Labute approximate surface area is 313 Å². The van der Waals surface area contributed by atoms with Crippen LogP contribution < -0.4 is 14.8 Å². The number of aliphatic carboxylic acids is 1. The molecule has 5 rings (SSSR count). The standard InChI is InChI=1S/C43H52N4O6/c1-6-7-8-9-10-23-53-35-18-15-30(16-19-35)34-26-44-39(45-27-34)31-13-11-29(12-14-31)24-37(41(49)47-22-21-33(28-47)42(50)51)46-40(48)32-17-20-36(43(2,3)4)38(25-32)52-5/h11-20,25-27,33,37H,6-10,21-24,28H2,1-5H3,(H,46,48)(H,50,51)/t33-,37-/m0/s1. The summed E-state index contributed by atoms with van der Waals surface area (Å²) < 4.78 is 11.5. The minimum atomic E-state index is -0.927. The molecular weight excluding hydrogens is 668 g/mol. The van der Waals surface area contributed by atoms with Crippen LogP contribution in [0.25, 0.3) is 22.5 Å². The molecule has 0 spiro atoms. The van der Waals surface area contributed by atoms with Gasteiger partial charge in [0.25, 0.3) is 5.91 Å². The van der Waals surface area contributed by atoms with Gasteiger partial charge in [-0.05, 0) is 59.2 Å². The number of amides is 2. The molecule has 1 saturated heterocycles. The molecule has 1 aliphatic heterocycles. The summed E-state index contributed by atoms with van der Waals surface area (Å²) in [6.45, 7) is 9.57. The van der Waals surface area contributed by atoms with Crippen LogP contribution in [0, 0.1) is 5.92 Å². The maximum atomic E-state index is 13.8. The average molecular weight is 721 g/mol. The average Bonchev–Trinajstić information content (AvgIpc) is 3.67. The van der Waals surface area contributed by atoms with Crippen molar-refractivity contribution in [2.45, 2.75) is 84.1 Å². The number of carboxylic acids is 1. The van der Waals surface area contributed by atoms with E-state index in [9.17, 15) is 19.5 Å². The lowest BCUT2D eigenvalue weighted by atomic mass is 9.85. The third kappa shape index (κ3) is 10.4. The normalized spacial score (nSPS) is 14.8. The molecule has 2 N–H and O–H groups in total. The number of nitrogens with zero attached hydrogens (tertiary/aromatic N) is 3. The summed E-state index contributed by atoms with van der Waals surface area (Å²) in [5.41, 5.74) is 4.66. The topological polar surface area (TPSA) is 131 Å². The SMILES string of the molecule is CCCCCCCOc1ccc(-c2cnc(-c3ccc(C[C@H](NC(=O)c4ccc(C(C)(C)C)c(OC)c4)C(=O)N4CC[C@H](C(=O)O)C4)cc3)nc2)cc1. The second-order valence-corrected chi connectivity index (χ2v) is 14.8. The van der Waals surface area contributed by atoms with Crippen LogP contribution >= 0.6 is 0 Å². The molecule has 0 radical (unpaired) electrons. The molecule has 53 heavy (non-hydrogen) atoms. The fraction of sp³-hybridized carbons (Fsp3) is 0.419. The summed E-state index contributed by atoms with van der Waals surface area (Å²) in [5.74, 6) is -0.276. The van der Waals surface area contributed by atoms with Gasteiger partial charge in [-0.15, -0.1) is 0 Å². The number of carbonyl (C=O) groups excluding carboxylic acids is 2. The van der Waals surface area contributed by atoms with Crippen LogP contribution in [0.5, 0.6) is 11.5 Å². The van der Waals surface area contributed by atoms with Crippen molar-refractivity contribution in [2.75, 3.05) is 26.8 Å². The number of unbranched alkanes of at least 4 members (excludes halogenated alkanes) is 4. The summed E-state index contributed by atoms with van der Waals surface area (Å²) in [7, 11) is 1.57. The van der Waals surface area contributed by atoms with Crippen molar-refractivity contribution in [3.8, 4) is 34.0 Å². The molecular formula is C43H52N4O6. The number of carboxylic acid groups (broad SMARTS) is 1. The molecule has 0 unspecified atom stereocenters. The van der Waals surface area contributed by atoms with Crippen LogP contribution in [0.1, 0.15) is 87.7 Å². The van der Waals surface area contributed by atoms with Crippen LogP contribution in [0.3, 0.4) is 0 Å². The van der Waals surface area contributed by atoms with E-state index in [2.05, 4.69) is 43.0 Å². The van der Waals surface area contributed by atoms with Gasteiger partial charge in [-0.2, -0.15) is 0 Å². The van der Waals surface area contributed by atoms with E-state index >= 15 is 0 Å². The first-order valence-electron chi connectivity index (χ1n) is 18.6. The van der Waals surface area contributed by atoms with E-state index in [1.165, 1.54) is 30.6 Å². The Morgan fingerprint density at radius 1 is 0.906 bits per heavy atom. The van der Waals surface area contributed by atoms with Gasteiger partial charge in [-0.3, -0.25) is 14.4 Å². The zero-order valence-corrected chi connectivity index (χ0v) is 31.6. The van der Waals surface area contributed by atoms with Gasteiger partial charge in [-0.25, -0.2) is 9.97 Å². The quantitative estimate of drug-likeness (QED) is 0.113. The Balaban J connectivity index is 1.26. The molecule has 2 amide bonds. The van der Waals surface area contributed by atoms with Crippen molar-refractivity contribution < 1.29 is 29.0 Å². The van der Waals surface area contributed by atoms with E-state index in [4.69, 9.17) is 9.47 Å². The maximum absolute atomic E-state index is 13.8. The monoisotopic (exact) mass is 720 g/mol. The molecule has 1 aliphatic rings. The van der Waals surface area contributed by atoms with Crippen LogP contribution in [0.4, 0.5) is 0 Å². The fourth-order valence-corrected chi connectivity index (χ4v) is 6.57. The van der Waals surface area contributed by atoms with E-state index in [0.717, 1.165) is 46.6 Å². The number of methoxy groups -OCH3 is 1. The lowest BCUT2D eigenvalue weighted by molar-refractivity contribution is -0.141. The number of carbonyl (C=O) groups is 3. The third-order valence-corrected chi connectivity index (χ3v) is 9.73. The van der Waals surface area contributed by atoms with E-state index in [1.807, 2.05) is 54.6 Å². The summed E-state index contributed by atoms with van der Waals surface area (Å²) in [6, 6.07) is 19.9. The summed E-state index contributed by atoms with van der Waals surface area (Å²) in [4.78, 5) is 49.8. The molecule has 0 aliphatic carbocycles. The van der Waals surface area contributed by atoms with E-state index in [0.29, 0.717) is 30.1 Å². The highest BCUT2D eigenvalue weighted by Crippen LogP contribution is 2.32. The molecule has 0 bridgehead atoms. The predicted octanol–water partition coefficient (Wildman–Crippen LogP) is 7.74. The number of ether oxygens (including phenoxy) is 2. The molecule has 1 aromatic heterocycles. The van der Waals surface area contributed by atoms with Crippen molar-refractivity contribution in [3.05, 3.63) is 95.8 Å². The number of aromatic nitrogens is 2. The van der Waals surface area contributed by atoms with E-state index in [-0.39, 0.29) is 24.3 Å². The first kappa shape index (κ1) is 39.0. The molecule has 1 fully saturated rings. The van der Waals surface area contributed by atoms with Gasteiger partial charge in [0.1, 0.15) is 17.5 Å². The van der Waals surface area contributed by atoms with Crippen LogP contribution in [0.2, 0.25) is 0 Å². The van der Waals surface area contributed by atoms with Crippen molar-refractivity contribution >= 4 is 17.8 Å². The van der Waals surface area contributed by atoms with E-state index in [1.54, 1.807) is 31.6 Å². The maximum Gasteiger partial charge on any atom is 0.308 e. The first-order valence-corrected chi connectivity index (χ1v) is 18.6. The van der Waals surface area contributed by atoms with E-state index < -0.39 is 23.8 Å². The number of likely N-dealkylation sites (tertiary alicyclic amines) is 1. The summed E-state index contributed by atoms with van der Waals surface area (Å²) >= 11 is 0. The molecule has 0 saturated carbocycles. The number of nitrogens with one attached hydrogen (secondary N) is 1. The molecule has 10 heteroatoms. The Bertz CT molecular complexity index is 1840. The van der Waals surface area contributed by atoms with Gasteiger partial charge in [0.05, 0.1) is 19.6 Å². The van der Waals surface area contributed by atoms with Gasteiger partial charge in [-0.1, -0.05) is 95.8 Å². The second-order valence-electron chi connectivity index (χ2n) is 14.8. The molecule has 4 aromatic rings. The first-order chi connectivity index (χ1) is 25.5. The van der Waals surface area contributed by atoms with Gasteiger partial charge in [0.15, 0.2) is 5.82 Å². The third-order valence-electron chi connectivity index (χ3n) is 9.73. The molecule has 2 atom stereocenters. The molecule has 2 heterocycles. The number of hydrogen-bond donors (Lipinski definition) is 2. The van der Waals surface area contributed by atoms with Gasteiger partial charge >= 0.3 is 5.97 Å². The zero-order chi connectivity index (χ0) is 38.0. The van der Waals surface area contributed by atoms with Crippen molar-refractivity contribution in [2.24, 2.45) is 5.92 Å². The number of rotatable bonds is 16. The Kier molecular flexibility index (Phi) is 13.2. The summed E-state index contributed by atoms with van der Waals surface area (Å²) in [6.07, 6.45) is 10.2. The van der Waals surface area contributed by atoms with Crippen LogP contribution in [0.15, 0.2) is 79.1 Å². The Morgan fingerprint density at radius 3 is 2.21 bits per heavy atom. The zero-order valence-electron chi connectivity index (χ0n) is 31.6. The lowest BCUT2D eigenvalue weighted by Crippen LogP contribution is -2.49. The molecule has 10 nitrogen and oxygen atoms in total. The van der Waals surface area contributed by atoms with Gasteiger partial charge < -0.3 is 24.8 Å². The minimum absolute atomic E-state index is 0.109. The highest BCUT2D eigenvalue weighted by Gasteiger charge is 2.35. The number of benzene rings is 3. The lowest BCUT2D eigenvalue weighted by Gasteiger charge is -2.25. The van der Waals surface area contributed by atoms with Gasteiger partial charge in [0, 0.05) is 48.6 Å².